The third-order valence-electron chi connectivity index (χ3n) is 3.33. The summed E-state index contributed by atoms with van der Waals surface area (Å²) in [7, 11) is 1.63. The number of aromatic nitrogens is 2. The number of imidazole rings is 1. The molecule has 1 aromatic heterocycles. The van der Waals surface area contributed by atoms with Gasteiger partial charge in [0.2, 0.25) is 0 Å². The molecular formula is C16H17N3O2. The van der Waals surface area contributed by atoms with E-state index in [-0.39, 0.29) is 0 Å². The van der Waals surface area contributed by atoms with E-state index in [1.54, 1.807) is 7.11 Å². The summed E-state index contributed by atoms with van der Waals surface area (Å²) in [5.74, 6) is 1.32. The van der Waals surface area contributed by atoms with E-state index >= 15 is 0 Å². The minimum atomic E-state index is 0.415. The van der Waals surface area contributed by atoms with Gasteiger partial charge in [-0.3, -0.25) is 0 Å². The van der Waals surface area contributed by atoms with Crippen molar-refractivity contribution in [3.8, 4) is 17.5 Å². The van der Waals surface area contributed by atoms with Crippen LogP contribution in [0.1, 0.15) is 12.5 Å². The summed E-state index contributed by atoms with van der Waals surface area (Å²) in [4.78, 5) is 7.47. The Labute approximate surface area is 122 Å². The number of nitrogens with one attached hydrogen (secondary N) is 1. The second kappa shape index (κ2) is 5.36. The van der Waals surface area contributed by atoms with Crippen molar-refractivity contribution >= 4 is 16.7 Å². The molecule has 0 fully saturated rings. The molecular weight excluding hydrogens is 266 g/mol. The van der Waals surface area contributed by atoms with Crippen LogP contribution in [0, 0.1) is 0 Å². The highest BCUT2D eigenvalue weighted by Gasteiger charge is 2.10. The molecule has 0 radical (unpaired) electrons. The maximum absolute atomic E-state index is 5.79. The van der Waals surface area contributed by atoms with Crippen molar-refractivity contribution in [1.29, 1.82) is 0 Å². The largest absolute Gasteiger partial charge is 0.493 e. The van der Waals surface area contributed by atoms with E-state index in [9.17, 15) is 0 Å². The zero-order chi connectivity index (χ0) is 14.8. The third kappa shape index (κ3) is 2.63. The van der Waals surface area contributed by atoms with Gasteiger partial charge in [-0.2, -0.15) is 4.98 Å². The van der Waals surface area contributed by atoms with Crippen LogP contribution in [0.2, 0.25) is 0 Å². The number of benzene rings is 2. The second-order valence-electron chi connectivity index (χ2n) is 4.76. The van der Waals surface area contributed by atoms with Gasteiger partial charge in [-0.25, -0.2) is 0 Å². The average Bonchev–Trinajstić information content (AvgIpc) is 2.89. The number of methoxy groups -OCH3 is 1. The predicted octanol–water partition coefficient (Wildman–Crippen LogP) is 3.51. The number of fused-ring (bicyclic) bond motifs is 1. The zero-order valence-electron chi connectivity index (χ0n) is 12.0. The number of nitrogens with two attached hydrogens (primary N) is 1. The minimum Gasteiger partial charge on any atom is -0.493 e. The summed E-state index contributed by atoms with van der Waals surface area (Å²) in [5, 5.41) is 0. The molecule has 5 heteroatoms. The summed E-state index contributed by atoms with van der Waals surface area (Å²) < 4.78 is 11.2. The summed E-state index contributed by atoms with van der Waals surface area (Å²) >= 11 is 0. The van der Waals surface area contributed by atoms with E-state index in [0.29, 0.717) is 23.2 Å². The highest BCUT2D eigenvalue weighted by molar-refractivity contribution is 5.79. The van der Waals surface area contributed by atoms with Crippen molar-refractivity contribution < 1.29 is 9.47 Å². The zero-order valence-corrected chi connectivity index (χ0v) is 12.0. The molecule has 2 aromatic carbocycles. The highest BCUT2D eigenvalue weighted by atomic mass is 16.5. The lowest BCUT2D eigenvalue weighted by molar-refractivity contribution is 0.369. The Bertz CT molecular complexity index is 780. The number of H-pyrrole nitrogens is 1. The first-order chi connectivity index (χ1) is 10.2. The third-order valence-corrected chi connectivity index (χ3v) is 3.33. The number of anilines is 1. The number of nitrogens with zero attached hydrogens (tertiary/aromatic N) is 1. The average molecular weight is 283 g/mol. The first-order valence-corrected chi connectivity index (χ1v) is 6.79. The molecule has 0 aliphatic rings. The minimum absolute atomic E-state index is 0.415. The molecule has 5 nitrogen and oxygen atoms in total. The van der Waals surface area contributed by atoms with E-state index < -0.39 is 0 Å². The predicted molar refractivity (Wildman–Crippen MR) is 83.0 cm³/mol. The number of rotatable bonds is 4. The maximum atomic E-state index is 5.79. The maximum Gasteiger partial charge on any atom is 0.300 e. The highest BCUT2D eigenvalue weighted by Crippen LogP contribution is 2.32. The van der Waals surface area contributed by atoms with Crippen LogP contribution in [0.15, 0.2) is 36.4 Å². The lowest BCUT2D eigenvalue weighted by Gasteiger charge is -2.09. The van der Waals surface area contributed by atoms with E-state index in [4.69, 9.17) is 15.2 Å². The van der Waals surface area contributed by atoms with Gasteiger partial charge in [0.05, 0.1) is 18.1 Å². The van der Waals surface area contributed by atoms with Crippen LogP contribution in [-0.2, 0) is 6.42 Å². The van der Waals surface area contributed by atoms with Crippen LogP contribution in [0.5, 0.6) is 17.5 Å². The molecule has 0 amide bonds. The van der Waals surface area contributed by atoms with Gasteiger partial charge < -0.3 is 20.2 Å². The van der Waals surface area contributed by atoms with Crippen LogP contribution >= 0.6 is 0 Å². The number of aromatic amines is 1. The Morgan fingerprint density at radius 1 is 1.14 bits per heavy atom. The van der Waals surface area contributed by atoms with Gasteiger partial charge in [0.15, 0.2) is 11.5 Å². The molecule has 21 heavy (non-hydrogen) atoms. The van der Waals surface area contributed by atoms with Crippen molar-refractivity contribution in [2.75, 3.05) is 12.8 Å². The standard InChI is InChI=1S/C16H17N3O2/c1-3-10-4-7-14(15(8-10)20-2)21-16-18-12-6-5-11(17)9-13(12)19-16/h4-9H,3,17H2,1-2H3,(H,18,19). The van der Waals surface area contributed by atoms with Crippen molar-refractivity contribution in [3.63, 3.8) is 0 Å². The molecule has 0 bridgehead atoms. The molecule has 108 valence electrons. The van der Waals surface area contributed by atoms with E-state index in [1.807, 2.05) is 36.4 Å². The van der Waals surface area contributed by atoms with Crippen LogP contribution in [0.4, 0.5) is 5.69 Å². The summed E-state index contributed by atoms with van der Waals surface area (Å²) in [5.41, 5.74) is 9.28. The molecule has 0 spiro atoms. The van der Waals surface area contributed by atoms with Gasteiger partial charge in [-0.1, -0.05) is 13.0 Å². The van der Waals surface area contributed by atoms with E-state index in [1.165, 1.54) is 5.56 Å². The topological polar surface area (TPSA) is 73.2 Å². The van der Waals surface area contributed by atoms with E-state index in [2.05, 4.69) is 16.9 Å². The monoisotopic (exact) mass is 283 g/mol. The smallest absolute Gasteiger partial charge is 0.300 e. The first kappa shape index (κ1) is 13.3. The second-order valence-corrected chi connectivity index (χ2v) is 4.76. The van der Waals surface area contributed by atoms with Crippen LogP contribution < -0.4 is 15.2 Å². The van der Waals surface area contributed by atoms with Gasteiger partial charge in [-0.15, -0.1) is 0 Å². The Balaban J connectivity index is 1.94. The van der Waals surface area contributed by atoms with Gasteiger partial charge in [0, 0.05) is 5.69 Å². The SMILES string of the molecule is CCc1ccc(Oc2nc3ccc(N)cc3[nH]2)c(OC)c1. The Morgan fingerprint density at radius 2 is 2.00 bits per heavy atom. The Morgan fingerprint density at radius 3 is 2.76 bits per heavy atom. The molecule has 0 saturated carbocycles. The number of aryl methyl sites for hydroxylation is 1. The van der Waals surface area contributed by atoms with Crippen molar-refractivity contribution in [3.05, 3.63) is 42.0 Å². The van der Waals surface area contributed by atoms with Crippen LogP contribution in [0.3, 0.4) is 0 Å². The first-order valence-electron chi connectivity index (χ1n) is 6.79. The van der Waals surface area contributed by atoms with Gasteiger partial charge in [-0.05, 0) is 42.3 Å². The Kier molecular flexibility index (Phi) is 3.39. The quantitative estimate of drug-likeness (QED) is 0.719. The molecule has 0 atom stereocenters. The molecule has 1 heterocycles. The van der Waals surface area contributed by atoms with Crippen molar-refractivity contribution in [2.24, 2.45) is 0 Å². The number of hydrogen-bond acceptors (Lipinski definition) is 4. The van der Waals surface area contributed by atoms with Crippen LogP contribution in [0.25, 0.3) is 11.0 Å². The summed E-state index contributed by atoms with van der Waals surface area (Å²) in [6, 6.07) is 11.8. The van der Waals surface area contributed by atoms with Crippen molar-refractivity contribution in [1.82, 2.24) is 9.97 Å². The molecule has 3 N–H and O–H groups in total. The molecule has 0 aliphatic carbocycles. The fraction of sp³-hybridized carbons (Fsp3) is 0.188. The fourth-order valence-electron chi connectivity index (χ4n) is 2.17. The molecule has 0 saturated heterocycles. The van der Waals surface area contributed by atoms with Gasteiger partial charge in [0.25, 0.3) is 6.01 Å². The lowest BCUT2D eigenvalue weighted by atomic mass is 10.1. The number of hydrogen-bond donors (Lipinski definition) is 2. The van der Waals surface area contributed by atoms with Crippen LogP contribution in [-0.4, -0.2) is 17.1 Å². The summed E-state index contributed by atoms with van der Waals surface area (Å²) in [6.45, 7) is 2.10. The normalized spacial score (nSPS) is 10.8. The van der Waals surface area contributed by atoms with E-state index in [0.717, 1.165) is 17.5 Å². The van der Waals surface area contributed by atoms with Crippen molar-refractivity contribution in [2.45, 2.75) is 13.3 Å². The lowest BCUT2D eigenvalue weighted by Crippen LogP contribution is -1.93. The van der Waals surface area contributed by atoms with Gasteiger partial charge in [0.1, 0.15) is 0 Å². The molecule has 3 aromatic rings. The number of ether oxygens (including phenoxy) is 2. The number of nitrogen functional groups attached to an aromatic ring is 1. The van der Waals surface area contributed by atoms with Gasteiger partial charge >= 0.3 is 0 Å². The molecule has 3 rings (SSSR count). The summed E-state index contributed by atoms with van der Waals surface area (Å²) in [6.07, 6.45) is 0.945. The molecule has 0 aliphatic heterocycles. The molecule has 0 unspecified atom stereocenters. The Hall–Kier alpha value is -2.69. The fourth-order valence-corrected chi connectivity index (χ4v) is 2.17.